The van der Waals surface area contributed by atoms with Gasteiger partial charge in [-0.05, 0) is 53.9 Å². The first-order chi connectivity index (χ1) is 12.7. The number of aromatic nitrogens is 3. The van der Waals surface area contributed by atoms with Crippen LogP contribution in [0, 0.1) is 6.92 Å². The average Bonchev–Trinajstić information content (AvgIpc) is 2.69. The fourth-order valence-corrected chi connectivity index (χ4v) is 3.12. The van der Waals surface area contributed by atoms with E-state index in [1.807, 2.05) is 43.4 Å². The van der Waals surface area contributed by atoms with Gasteiger partial charge >= 0.3 is 0 Å². The van der Waals surface area contributed by atoms with Gasteiger partial charge in [0.15, 0.2) is 5.82 Å². The highest BCUT2D eigenvalue weighted by Gasteiger charge is 2.13. The van der Waals surface area contributed by atoms with Crippen molar-refractivity contribution < 1.29 is 0 Å². The molecule has 0 aliphatic carbocycles. The van der Waals surface area contributed by atoms with Crippen molar-refractivity contribution in [2.75, 3.05) is 18.1 Å². The highest BCUT2D eigenvalue weighted by Crippen LogP contribution is 2.33. The Labute approximate surface area is 152 Å². The fraction of sp³-hybridized carbons (Fsp3) is 0.0952. The summed E-state index contributed by atoms with van der Waals surface area (Å²) in [5, 5.41) is 4.18. The van der Waals surface area contributed by atoms with E-state index in [1.54, 1.807) is 12.4 Å². The molecule has 0 radical (unpaired) electrons. The summed E-state index contributed by atoms with van der Waals surface area (Å²) < 4.78 is 0. The largest absolute Gasteiger partial charge is 0.399 e. The molecule has 3 N–H and O–H groups in total. The van der Waals surface area contributed by atoms with Gasteiger partial charge in [-0.25, -0.2) is 9.97 Å². The van der Waals surface area contributed by atoms with Gasteiger partial charge in [0, 0.05) is 36.1 Å². The summed E-state index contributed by atoms with van der Waals surface area (Å²) in [6.07, 6.45) is 3.52. The first kappa shape index (κ1) is 16.0. The molecule has 2 aromatic heterocycles. The number of nitrogens with one attached hydrogen (secondary N) is 1. The van der Waals surface area contributed by atoms with Gasteiger partial charge in [0.25, 0.3) is 0 Å². The van der Waals surface area contributed by atoms with E-state index < -0.39 is 0 Å². The zero-order valence-electron chi connectivity index (χ0n) is 14.7. The Hall–Kier alpha value is -3.47. The number of benzene rings is 2. The summed E-state index contributed by atoms with van der Waals surface area (Å²) in [6, 6.07) is 15.9. The Bertz CT molecular complexity index is 1070. The highest BCUT2D eigenvalue weighted by molar-refractivity contribution is 5.96. The number of nitrogen functional groups attached to an aromatic ring is 1. The molecule has 0 fully saturated rings. The smallest absolute Gasteiger partial charge is 0.163 e. The van der Waals surface area contributed by atoms with Crippen LogP contribution in [-0.2, 0) is 0 Å². The molecule has 2 aromatic carbocycles. The molecule has 4 aromatic rings. The number of hydrogen-bond donors (Lipinski definition) is 2. The molecule has 2 heterocycles. The van der Waals surface area contributed by atoms with E-state index in [9.17, 15) is 0 Å². The van der Waals surface area contributed by atoms with E-state index in [0.717, 1.165) is 44.7 Å². The molecule has 5 nitrogen and oxygen atoms in total. The first-order valence-corrected chi connectivity index (χ1v) is 8.43. The molecule has 0 saturated heterocycles. The average molecular weight is 341 g/mol. The number of hydrogen-bond acceptors (Lipinski definition) is 5. The quantitative estimate of drug-likeness (QED) is 0.544. The summed E-state index contributed by atoms with van der Waals surface area (Å²) in [5.41, 5.74) is 11.8. The summed E-state index contributed by atoms with van der Waals surface area (Å²) >= 11 is 0. The standard InChI is InChI=1S/C21H19N5/c1-13-17(14-5-7-16(22)8-6-14)9-10-18-19(13)25-20(26-21(18)23-2)15-4-3-11-24-12-15/h3-12H,22H2,1-2H3,(H,23,25,26). The zero-order valence-corrected chi connectivity index (χ0v) is 14.7. The number of anilines is 2. The van der Waals surface area contributed by atoms with Crippen molar-refractivity contribution in [3.63, 3.8) is 0 Å². The van der Waals surface area contributed by atoms with E-state index in [2.05, 4.69) is 34.3 Å². The highest BCUT2D eigenvalue weighted by atomic mass is 15.0. The third kappa shape index (κ3) is 2.73. The minimum atomic E-state index is 0.660. The van der Waals surface area contributed by atoms with Crippen LogP contribution in [0.25, 0.3) is 33.4 Å². The molecule has 0 amide bonds. The Morgan fingerprint density at radius 3 is 2.42 bits per heavy atom. The molecule has 0 unspecified atom stereocenters. The molecular formula is C21H19N5. The minimum absolute atomic E-state index is 0.660. The van der Waals surface area contributed by atoms with Gasteiger partial charge in [-0.2, -0.15) is 0 Å². The van der Waals surface area contributed by atoms with Gasteiger partial charge in [-0.15, -0.1) is 0 Å². The Morgan fingerprint density at radius 2 is 1.73 bits per heavy atom. The molecule has 128 valence electrons. The first-order valence-electron chi connectivity index (χ1n) is 8.43. The van der Waals surface area contributed by atoms with Crippen molar-refractivity contribution >= 4 is 22.4 Å². The van der Waals surface area contributed by atoms with Crippen LogP contribution >= 0.6 is 0 Å². The topological polar surface area (TPSA) is 76.7 Å². The van der Waals surface area contributed by atoms with Crippen LogP contribution in [0.15, 0.2) is 60.9 Å². The summed E-state index contributed by atoms with van der Waals surface area (Å²) in [6.45, 7) is 2.09. The maximum atomic E-state index is 5.82. The SMILES string of the molecule is CNc1nc(-c2cccnc2)nc2c(C)c(-c3ccc(N)cc3)ccc12. The van der Waals surface area contributed by atoms with Crippen LogP contribution in [0.2, 0.25) is 0 Å². The number of nitrogens with two attached hydrogens (primary N) is 1. The van der Waals surface area contributed by atoms with Crippen LogP contribution in [0.1, 0.15) is 5.56 Å². The lowest BCUT2D eigenvalue weighted by Crippen LogP contribution is -2.00. The number of fused-ring (bicyclic) bond motifs is 1. The molecule has 0 spiro atoms. The lowest BCUT2D eigenvalue weighted by Gasteiger charge is -2.13. The number of pyridine rings is 1. The second-order valence-electron chi connectivity index (χ2n) is 6.14. The third-order valence-corrected chi connectivity index (χ3v) is 4.50. The molecule has 0 atom stereocenters. The van der Waals surface area contributed by atoms with Gasteiger partial charge in [-0.1, -0.05) is 18.2 Å². The van der Waals surface area contributed by atoms with Crippen LogP contribution in [0.4, 0.5) is 11.5 Å². The van der Waals surface area contributed by atoms with Crippen molar-refractivity contribution in [3.8, 4) is 22.5 Å². The molecule has 26 heavy (non-hydrogen) atoms. The van der Waals surface area contributed by atoms with Crippen molar-refractivity contribution in [2.24, 2.45) is 0 Å². The van der Waals surface area contributed by atoms with Crippen molar-refractivity contribution in [1.82, 2.24) is 15.0 Å². The van der Waals surface area contributed by atoms with E-state index in [0.29, 0.717) is 5.82 Å². The predicted octanol–water partition coefficient (Wildman–Crippen LogP) is 4.29. The molecule has 0 bridgehead atoms. The Balaban J connectivity index is 1.96. The predicted molar refractivity (Wildman–Crippen MR) is 107 cm³/mol. The molecule has 0 aliphatic heterocycles. The molecular weight excluding hydrogens is 322 g/mol. The van der Waals surface area contributed by atoms with Gasteiger partial charge < -0.3 is 11.1 Å². The van der Waals surface area contributed by atoms with E-state index in [4.69, 9.17) is 10.7 Å². The van der Waals surface area contributed by atoms with Gasteiger partial charge in [-0.3, -0.25) is 4.98 Å². The maximum Gasteiger partial charge on any atom is 0.163 e. The van der Waals surface area contributed by atoms with Crippen LogP contribution in [0.3, 0.4) is 0 Å². The third-order valence-electron chi connectivity index (χ3n) is 4.50. The normalized spacial score (nSPS) is 10.8. The number of nitrogens with zero attached hydrogens (tertiary/aromatic N) is 3. The molecule has 4 rings (SSSR count). The van der Waals surface area contributed by atoms with Gasteiger partial charge in [0.2, 0.25) is 0 Å². The lowest BCUT2D eigenvalue weighted by atomic mass is 9.97. The lowest BCUT2D eigenvalue weighted by molar-refractivity contribution is 1.19. The number of rotatable bonds is 3. The van der Waals surface area contributed by atoms with Crippen LogP contribution in [0.5, 0.6) is 0 Å². The molecule has 0 aliphatic rings. The maximum absolute atomic E-state index is 5.82. The van der Waals surface area contributed by atoms with Crippen LogP contribution < -0.4 is 11.1 Å². The summed E-state index contributed by atoms with van der Waals surface area (Å²) in [5.74, 6) is 1.47. The second kappa shape index (κ2) is 6.44. The van der Waals surface area contributed by atoms with E-state index >= 15 is 0 Å². The monoisotopic (exact) mass is 341 g/mol. The van der Waals surface area contributed by atoms with Gasteiger partial charge in [0.1, 0.15) is 5.82 Å². The molecule has 5 heteroatoms. The Kier molecular flexibility index (Phi) is 3.97. The van der Waals surface area contributed by atoms with Gasteiger partial charge in [0.05, 0.1) is 5.52 Å². The van der Waals surface area contributed by atoms with Crippen molar-refractivity contribution in [1.29, 1.82) is 0 Å². The number of aryl methyl sites for hydroxylation is 1. The van der Waals surface area contributed by atoms with Crippen molar-refractivity contribution in [3.05, 3.63) is 66.5 Å². The second-order valence-corrected chi connectivity index (χ2v) is 6.14. The fourth-order valence-electron chi connectivity index (χ4n) is 3.12. The molecule has 0 saturated carbocycles. The summed E-state index contributed by atoms with van der Waals surface area (Å²) in [4.78, 5) is 13.7. The minimum Gasteiger partial charge on any atom is -0.399 e. The van der Waals surface area contributed by atoms with Crippen molar-refractivity contribution in [2.45, 2.75) is 6.92 Å². The van der Waals surface area contributed by atoms with E-state index in [-0.39, 0.29) is 0 Å². The Morgan fingerprint density at radius 1 is 0.923 bits per heavy atom. The zero-order chi connectivity index (χ0) is 18.1. The van der Waals surface area contributed by atoms with E-state index in [1.165, 1.54) is 0 Å². The van der Waals surface area contributed by atoms with Crippen LogP contribution in [-0.4, -0.2) is 22.0 Å². The summed E-state index contributed by atoms with van der Waals surface area (Å²) in [7, 11) is 1.87.